The van der Waals surface area contributed by atoms with E-state index in [9.17, 15) is 9.59 Å². The minimum absolute atomic E-state index is 0.0933. The predicted octanol–water partition coefficient (Wildman–Crippen LogP) is 7.81. The summed E-state index contributed by atoms with van der Waals surface area (Å²) in [4.78, 5) is 29.1. The third-order valence-corrected chi connectivity index (χ3v) is 15.1. The highest BCUT2D eigenvalue weighted by Crippen LogP contribution is 2.76. The van der Waals surface area contributed by atoms with Gasteiger partial charge in [-0.25, -0.2) is 0 Å². The van der Waals surface area contributed by atoms with Gasteiger partial charge in [0.15, 0.2) is 5.78 Å². The molecule has 4 nitrogen and oxygen atoms in total. The summed E-state index contributed by atoms with van der Waals surface area (Å²) in [5, 5.41) is 3.60. The van der Waals surface area contributed by atoms with E-state index in [2.05, 4.69) is 79.5 Å². The average molecular weight is 565 g/mol. The molecule has 1 heterocycles. The van der Waals surface area contributed by atoms with Crippen LogP contribution < -0.4 is 5.32 Å². The zero-order chi connectivity index (χ0) is 29.9. The van der Waals surface area contributed by atoms with E-state index in [1.807, 2.05) is 0 Å². The number of fused-ring (bicyclic) bond motifs is 7. The molecular weight excluding hydrogens is 504 g/mol. The predicted molar refractivity (Wildman–Crippen MR) is 167 cm³/mol. The summed E-state index contributed by atoms with van der Waals surface area (Å²) in [6.07, 6.45) is 10.6. The molecule has 0 radical (unpaired) electrons. The molecule has 4 saturated carbocycles. The van der Waals surface area contributed by atoms with Gasteiger partial charge < -0.3 is 5.32 Å². The maximum absolute atomic E-state index is 13.4. The van der Waals surface area contributed by atoms with Crippen molar-refractivity contribution in [2.24, 2.45) is 56.7 Å². The molecule has 5 aliphatic carbocycles. The molecule has 1 N–H and O–H groups in total. The second kappa shape index (κ2) is 9.42. The number of amides is 1. The number of allylic oxidation sites excluding steroid dienone is 2. The van der Waals surface area contributed by atoms with Crippen molar-refractivity contribution in [3.63, 3.8) is 0 Å². The summed E-state index contributed by atoms with van der Waals surface area (Å²) in [5.74, 6) is 3.14. The van der Waals surface area contributed by atoms with Gasteiger partial charge in [-0.15, -0.1) is 0 Å². The fraction of sp³-hybridized carbons (Fsp3) is 0.892. The standard InChI is InChI=1S/C37H60N2O2/c1-22(2)30-26(40)19-34(7)17-18-36(9)25(31(30)34)11-12-28-35(8)15-14-29(33(5,6)27(35)13-16-37(28,36)10)38-32(41)24-20-39(21-24)23(3)4/h22-25,27-29H,11-21H2,1-10H3,(H,38,41)/t25-,27+,28-,29?,34+,35+,36-,37-/m1/s1. The van der Waals surface area contributed by atoms with Crippen molar-refractivity contribution in [2.45, 2.75) is 139 Å². The van der Waals surface area contributed by atoms with Crippen LogP contribution in [0.3, 0.4) is 0 Å². The lowest BCUT2D eigenvalue weighted by Crippen LogP contribution is -2.67. The van der Waals surface area contributed by atoms with E-state index in [1.54, 1.807) is 5.57 Å². The summed E-state index contributed by atoms with van der Waals surface area (Å²) in [5.41, 5.74) is 3.85. The summed E-state index contributed by atoms with van der Waals surface area (Å²) in [6, 6.07) is 0.802. The lowest BCUT2D eigenvalue weighted by molar-refractivity contribution is -0.216. The number of rotatable bonds is 4. The molecule has 0 aromatic carbocycles. The fourth-order valence-electron chi connectivity index (χ4n) is 12.5. The van der Waals surface area contributed by atoms with E-state index >= 15 is 0 Å². The number of hydrogen-bond donors (Lipinski definition) is 1. The zero-order valence-corrected chi connectivity index (χ0v) is 28.1. The van der Waals surface area contributed by atoms with Gasteiger partial charge in [0.1, 0.15) is 0 Å². The Labute approximate surface area is 251 Å². The number of nitrogens with one attached hydrogen (secondary N) is 1. The number of ketones is 1. The van der Waals surface area contributed by atoms with Crippen LogP contribution in [-0.2, 0) is 9.59 Å². The lowest BCUT2D eigenvalue weighted by atomic mass is 9.33. The van der Waals surface area contributed by atoms with Crippen LogP contribution in [0.15, 0.2) is 11.1 Å². The van der Waals surface area contributed by atoms with Crippen molar-refractivity contribution in [3.05, 3.63) is 11.1 Å². The Morgan fingerprint density at radius 3 is 2.15 bits per heavy atom. The van der Waals surface area contributed by atoms with Crippen molar-refractivity contribution in [2.75, 3.05) is 13.1 Å². The van der Waals surface area contributed by atoms with Crippen molar-refractivity contribution in [3.8, 4) is 0 Å². The summed E-state index contributed by atoms with van der Waals surface area (Å²) < 4.78 is 0. The molecule has 1 saturated heterocycles. The fourth-order valence-corrected chi connectivity index (χ4v) is 12.5. The zero-order valence-electron chi connectivity index (χ0n) is 28.1. The first-order valence-electron chi connectivity index (χ1n) is 17.3. The van der Waals surface area contributed by atoms with Crippen molar-refractivity contribution in [1.29, 1.82) is 0 Å². The minimum Gasteiger partial charge on any atom is -0.352 e. The van der Waals surface area contributed by atoms with Crippen molar-refractivity contribution < 1.29 is 9.59 Å². The summed E-state index contributed by atoms with van der Waals surface area (Å²) >= 11 is 0. The highest BCUT2D eigenvalue weighted by atomic mass is 16.2. The van der Waals surface area contributed by atoms with E-state index < -0.39 is 0 Å². The van der Waals surface area contributed by atoms with Gasteiger partial charge in [0.25, 0.3) is 0 Å². The normalized spacial score (nSPS) is 46.1. The maximum atomic E-state index is 13.4. The van der Waals surface area contributed by atoms with Crippen LogP contribution in [-0.4, -0.2) is 41.8 Å². The maximum Gasteiger partial charge on any atom is 0.225 e. The number of hydrogen-bond acceptors (Lipinski definition) is 3. The Morgan fingerprint density at radius 1 is 0.829 bits per heavy atom. The van der Waals surface area contributed by atoms with Crippen LogP contribution in [0.5, 0.6) is 0 Å². The molecule has 0 spiro atoms. The van der Waals surface area contributed by atoms with Crippen LogP contribution in [0.2, 0.25) is 0 Å². The lowest BCUT2D eigenvalue weighted by Gasteiger charge is -2.72. The molecule has 0 bridgehead atoms. The number of carbonyl (C=O) groups excluding carboxylic acids is 2. The Bertz CT molecular complexity index is 1150. The quantitative estimate of drug-likeness (QED) is 0.379. The van der Waals surface area contributed by atoms with Gasteiger partial charge >= 0.3 is 0 Å². The van der Waals surface area contributed by atoms with Crippen LogP contribution in [0.1, 0.15) is 127 Å². The van der Waals surface area contributed by atoms with E-state index in [-0.39, 0.29) is 28.2 Å². The van der Waals surface area contributed by atoms with E-state index in [0.717, 1.165) is 25.9 Å². The van der Waals surface area contributed by atoms with Crippen LogP contribution in [0.4, 0.5) is 0 Å². The Hall–Kier alpha value is -1.16. The molecule has 6 rings (SSSR count). The Balaban J connectivity index is 1.26. The molecule has 4 heteroatoms. The largest absolute Gasteiger partial charge is 0.352 e. The third kappa shape index (κ3) is 4.00. The second-order valence-electron chi connectivity index (χ2n) is 17.9. The molecule has 230 valence electrons. The summed E-state index contributed by atoms with van der Waals surface area (Å²) in [6.45, 7) is 26.1. The smallest absolute Gasteiger partial charge is 0.225 e. The molecule has 41 heavy (non-hydrogen) atoms. The van der Waals surface area contributed by atoms with Gasteiger partial charge in [-0.05, 0) is 122 Å². The highest BCUT2D eigenvalue weighted by Gasteiger charge is 2.69. The molecule has 8 atom stereocenters. The van der Waals surface area contributed by atoms with Crippen LogP contribution >= 0.6 is 0 Å². The molecular formula is C37H60N2O2. The molecule has 0 aromatic rings. The Kier molecular flexibility index (Phi) is 6.87. The molecule has 1 unspecified atom stereocenters. The van der Waals surface area contributed by atoms with Gasteiger partial charge in [-0.1, -0.05) is 61.0 Å². The van der Waals surface area contributed by atoms with Crippen molar-refractivity contribution in [1.82, 2.24) is 10.2 Å². The number of carbonyl (C=O) groups is 2. The number of Topliss-reactive ketones (excluding diaryl/α,β-unsaturated/α-hetero) is 1. The number of nitrogens with zero attached hydrogens (tertiary/aromatic N) is 1. The van der Waals surface area contributed by atoms with E-state index in [1.165, 1.54) is 50.5 Å². The molecule has 5 fully saturated rings. The van der Waals surface area contributed by atoms with Crippen molar-refractivity contribution >= 4 is 11.7 Å². The van der Waals surface area contributed by atoms with Gasteiger partial charge in [-0.2, -0.15) is 0 Å². The highest BCUT2D eigenvalue weighted by molar-refractivity contribution is 6.00. The average Bonchev–Trinajstić information content (AvgIpc) is 3.10. The topological polar surface area (TPSA) is 49.4 Å². The van der Waals surface area contributed by atoms with Gasteiger partial charge in [0.05, 0.1) is 5.92 Å². The van der Waals surface area contributed by atoms with Gasteiger partial charge in [0.2, 0.25) is 5.91 Å². The second-order valence-corrected chi connectivity index (χ2v) is 17.9. The molecule has 0 aromatic heterocycles. The Morgan fingerprint density at radius 2 is 1.51 bits per heavy atom. The first-order valence-corrected chi connectivity index (χ1v) is 17.3. The third-order valence-electron chi connectivity index (χ3n) is 15.1. The minimum atomic E-state index is 0.0933. The van der Waals surface area contributed by atoms with Gasteiger partial charge in [0, 0.05) is 31.6 Å². The van der Waals surface area contributed by atoms with E-state index in [4.69, 9.17) is 0 Å². The van der Waals surface area contributed by atoms with Crippen LogP contribution in [0, 0.1) is 56.7 Å². The van der Waals surface area contributed by atoms with Crippen LogP contribution in [0.25, 0.3) is 0 Å². The molecule has 1 amide bonds. The van der Waals surface area contributed by atoms with E-state index in [0.29, 0.717) is 52.2 Å². The summed E-state index contributed by atoms with van der Waals surface area (Å²) in [7, 11) is 0. The molecule has 1 aliphatic heterocycles. The van der Waals surface area contributed by atoms with Gasteiger partial charge in [-0.3, -0.25) is 14.5 Å². The molecule has 6 aliphatic rings. The first-order chi connectivity index (χ1) is 19.0. The SMILES string of the molecule is CC(C)C1=C2[C@H]3CC[C@@H]4[C@@]5(C)CCC(NC(=O)C6CN(C(C)C)C6)C(C)(C)[C@@H]5CC[C@@]4(C)[C@]3(C)CC[C@@]2(C)CC1=O. The first kappa shape index (κ1) is 29.9. The number of likely N-dealkylation sites (tertiary alicyclic amines) is 1. The monoisotopic (exact) mass is 564 g/mol.